The maximum absolute atomic E-state index is 14.1. The molecule has 2 unspecified atom stereocenters. The molecular formula is C37H48N4O9S. The molecule has 2 amide bonds. The van der Waals surface area contributed by atoms with Gasteiger partial charge in [-0.05, 0) is 67.0 Å². The molecule has 0 aliphatic rings. The molecule has 51 heavy (non-hydrogen) atoms. The summed E-state index contributed by atoms with van der Waals surface area (Å²) in [5.41, 5.74) is 7.61. The highest BCUT2D eigenvalue weighted by Crippen LogP contribution is 2.29. The SMILES string of the molecule is COC(=O)N[C@H](C(=O)NC(CCCC(C(=O)OC)N(CCC(C)C)S(=O)(=O)c1ccc(N)cc1)C(=O)OC)C(c1ccccc1)c1ccccc1. The Bertz CT molecular complexity index is 1650. The van der Waals surface area contributed by atoms with Crippen molar-refractivity contribution in [1.82, 2.24) is 14.9 Å². The molecule has 3 atom stereocenters. The van der Waals surface area contributed by atoms with Crippen molar-refractivity contribution < 1.29 is 41.8 Å². The Morgan fingerprint density at radius 3 is 1.76 bits per heavy atom. The second-order valence-electron chi connectivity index (χ2n) is 12.3. The molecular weight excluding hydrogens is 676 g/mol. The third kappa shape index (κ3) is 11.3. The van der Waals surface area contributed by atoms with Crippen LogP contribution < -0.4 is 16.4 Å². The first-order chi connectivity index (χ1) is 24.3. The number of hydrogen-bond acceptors (Lipinski definition) is 10. The Morgan fingerprint density at radius 1 is 0.725 bits per heavy atom. The smallest absolute Gasteiger partial charge is 0.407 e. The van der Waals surface area contributed by atoms with Gasteiger partial charge in [0, 0.05) is 18.2 Å². The third-order valence-electron chi connectivity index (χ3n) is 8.40. The van der Waals surface area contributed by atoms with E-state index in [0.29, 0.717) is 12.1 Å². The Labute approximate surface area is 299 Å². The average molecular weight is 725 g/mol. The molecule has 14 heteroatoms. The van der Waals surface area contributed by atoms with E-state index in [2.05, 4.69) is 10.6 Å². The van der Waals surface area contributed by atoms with Gasteiger partial charge >= 0.3 is 18.0 Å². The minimum Gasteiger partial charge on any atom is -0.468 e. The van der Waals surface area contributed by atoms with Crippen molar-refractivity contribution in [3.8, 4) is 0 Å². The highest BCUT2D eigenvalue weighted by molar-refractivity contribution is 7.89. The quantitative estimate of drug-likeness (QED) is 0.0975. The first kappa shape index (κ1) is 40.5. The van der Waals surface area contributed by atoms with Crippen LogP contribution in [0.4, 0.5) is 10.5 Å². The molecule has 0 spiro atoms. The van der Waals surface area contributed by atoms with E-state index >= 15 is 0 Å². The number of esters is 2. The normalized spacial score (nSPS) is 13.3. The van der Waals surface area contributed by atoms with Gasteiger partial charge in [0.25, 0.3) is 0 Å². The predicted molar refractivity (Wildman–Crippen MR) is 192 cm³/mol. The largest absolute Gasteiger partial charge is 0.468 e. The van der Waals surface area contributed by atoms with E-state index in [1.807, 2.05) is 74.5 Å². The summed E-state index contributed by atoms with van der Waals surface area (Å²) >= 11 is 0. The Morgan fingerprint density at radius 2 is 1.27 bits per heavy atom. The van der Waals surface area contributed by atoms with Gasteiger partial charge in [-0.3, -0.25) is 9.59 Å². The van der Waals surface area contributed by atoms with Crippen molar-refractivity contribution in [3.63, 3.8) is 0 Å². The first-order valence-electron chi connectivity index (χ1n) is 16.6. The lowest BCUT2D eigenvalue weighted by atomic mass is 9.84. The molecule has 0 heterocycles. The van der Waals surface area contributed by atoms with E-state index < -0.39 is 58.0 Å². The molecule has 3 aromatic carbocycles. The van der Waals surface area contributed by atoms with E-state index in [9.17, 15) is 27.6 Å². The minimum atomic E-state index is -4.18. The zero-order valence-electron chi connectivity index (χ0n) is 29.6. The lowest BCUT2D eigenvalue weighted by Crippen LogP contribution is -2.54. The van der Waals surface area contributed by atoms with Crippen LogP contribution in [0, 0.1) is 5.92 Å². The Balaban J connectivity index is 1.92. The molecule has 0 aromatic heterocycles. The molecule has 0 bridgehead atoms. The van der Waals surface area contributed by atoms with Crippen molar-refractivity contribution in [1.29, 1.82) is 0 Å². The van der Waals surface area contributed by atoms with E-state index in [-0.39, 0.29) is 36.6 Å². The van der Waals surface area contributed by atoms with Crippen molar-refractivity contribution in [2.45, 2.75) is 68.5 Å². The number of amides is 2. The Hall–Kier alpha value is -4.95. The van der Waals surface area contributed by atoms with Crippen LogP contribution in [0.5, 0.6) is 0 Å². The van der Waals surface area contributed by atoms with Crippen LogP contribution in [0.25, 0.3) is 0 Å². The fourth-order valence-electron chi connectivity index (χ4n) is 5.67. The van der Waals surface area contributed by atoms with E-state index in [0.717, 1.165) is 15.4 Å². The van der Waals surface area contributed by atoms with Gasteiger partial charge in [0.15, 0.2) is 0 Å². The molecule has 0 saturated heterocycles. The number of hydrogen-bond donors (Lipinski definition) is 3. The Kier molecular flexibility index (Phi) is 15.4. The number of rotatable bonds is 18. The summed E-state index contributed by atoms with van der Waals surface area (Å²) in [5.74, 6) is -2.79. The van der Waals surface area contributed by atoms with E-state index in [1.165, 1.54) is 45.6 Å². The van der Waals surface area contributed by atoms with Crippen LogP contribution in [0.15, 0.2) is 89.8 Å². The number of nitrogens with zero attached hydrogens (tertiary/aromatic N) is 1. The summed E-state index contributed by atoms with van der Waals surface area (Å²) in [6.45, 7) is 3.91. The minimum absolute atomic E-state index is 0.0296. The molecule has 0 fully saturated rings. The maximum Gasteiger partial charge on any atom is 0.407 e. The van der Waals surface area contributed by atoms with Crippen molar-refractivity contribution in [2.75, 3.05) is 33.6 Å². The summed E-state index contributed by atoms with van der Waals surface area (Å²) in [4.78, 5) is 52.8. The van der Waals surface area contributed by atoms with Crippen LogP contribution in [-0.2, 0) is 38.6 Å². The standard InChI is InChI=1S/C37H48N4O9S/c1-25(2)23-24-41(51(46,47)29-21-19-28(38)20-22-29)31(36(44)49-4)18-12-17-30(35(43)48-3)39-34(42)33(40-37(45)50-5)32(26-13-8-6-9-14-26)27-15-10-7-11-16-27/h6-11,13-16,19-22,25,30-33H,12,17-18,23-24,38H2,1-5H3,(H,39,42)(H,40,45)/t30?,31?,33-/m0/s1. The molecule has 3 aromatic rings. The van der Waals surface area contributed by atoms with Crippen LogP contribution in [0.2, 0.25) is 0 Å². The number of methoxy groups -OCH3 is 3. The molecule has 0 aliphatic carbocycles. The van der Waals surface area contributed by atoms with Gasteiger partial charge < -0.3 is 30.6 Å². The van der Waals surface area contributed by atoms with E-state index in [4.69, 9.17) is 19.9 Å². The molecule has 0 aliphatic heterocycles. The summed E-state index contributed by atoms with van der Waals surface area (Å²) in [6, 6.07) is 20.2. The monoisotopic (exact) mass is 724 g/mol. The molecule has 0 radical (unpaired) electrons. The molecule has 3 rings (SSSR count). The summed E-state index contributed by atoms with van der Waals surface area (Å²) in [6.07, 6.45) is -0.362. The van der Waals surface area contributed by atoms with Crippen LogP contribution >= 0.6 is 0 Å². The van der Waals surface area contributed by atoms with Crippen LogP contribution in [0.3, 0.4) is 0 Å². The number of carbonyl (C=O) groups excluding carboxylic acids is 4. The lowest BCUT2D eigenvalue weighted by Gasteiger charge is -2.31. The highest BCUT2D eigenvalue weighted by Gasteiger charge is 2.38. The van der Waals surface area contributed by atoms with Crippen molar-refractivity contribution >= 4 is 39.6 Å². The van der Waals surface area contributed by atoms with Crippen molar-refractivity contribution in [2.24, 2.45) is 5.92 Å². The van der Waals surface area contributed by atoms with Gasteiger partial charge in [0.1, 0.15) is 18.1 Å². The maximum atomic E-state index is 14.1. The first-order valence-corrected chi connectivity index (χ1v) is 18.1. The fourth-order valence-corrected chi connectivity index (χ4v) is 7.29. The lowest BCUT2D eigenvalue weighted by molar-refractivity contribution is -0.146. The van der Waals surface area contributed by atoms with Gasteiger partial charge in [0.05, 0.1) is 26.2 Å². The number of carbonyl (C=O) groups is 4. The number of nitrogen functional groups attached to an aromatic ring is 1. The predicted octanol–water partition coefficient (Wildman–Crippen LogP) is 4.23. The van der Waals surface area contributed by atoms with Crippen molar-refractivity contribution in [3.05, 3.63) is 96.1 Å². The number of nitrogens with two attached hydrogens (primary N) is 1. The number of alkyl carbamates (subject to hydrolysis) is 1. The number of benzene rings is 3. The van der Waals surface area contributed by atoms with Gasteiger partial charge in [0.2, 0.25) is 15.9 Å². The fraction of sp³-hybridized carbons (Fsp3) is 0.405. The zero-order valence-corrected chi connectivity index (χ0v) is 30.4. The third-order valence-corrected chi connectivity index (χ3v) is 10.3. The number of ether oxygens (including phenoxy) is 3. The second kappa shape index (κ2) is 19.4. The molecule has 0 saturated carbocycles. The summed E-state index contributed by atoms with van der Waals surface area (Å²) in [7, 11) is -0.657. The molecule has 4 N–H and O–H groups in total. The van der Waals surface area contributed by atoms with Gasteiger partial charge in [-0.2, -0.15) is 4.31 Å². The molecule has 276 valence electrons. The second-order valence-corrected chi connectivity index (χ2v) is 14.2. The van der Waals surface area contributed by atoms with Crippen LogP contribution in [0.1, 0.15) is 56.6 Å². The molecule has 13 nitrogen and oxygen atoms in total. The van der Waals surface area contributed by atoms with Crippen LogP contribution in [-0.4, -0.2) is 82.7 Å². The summed E-state index contributed by atoms with van der Waals surface area (Å²) in [5, 5.41) is 5.35. The zero-order chi connectivity index (χ0) is 37.6. The average Bonchev–Trinajstić information content (AvgIpc) is 3.13. The van der Waals surface area contributed by atoms with E-state index in [1.54, 1.807) is 0 Å². The number of nitrogens with one attached hydrogen (secondary N) is 2. The summed E-state index contributed by atoms with van der Waals surface area (Å²) < 4.78 is 43.8. The van der Waals surface area contributed by atoms with Gasteiger partial charge in [-0.1, -0.05) is 74.5 Å². The van der Waals surface area contributed by atoms with Gasteiger partial charge in [-0.25, -0.2) is 18.0 Å². The van der Waals surface area contributed by atoms with Gasteiger partial charge in [-0.15, -0.1) is 0 Å². The topological polar surface area (TPSA) is 183 Å². The number of anilines is 1. The number of sulfonamides is 1. The highest BCUT2D eigenvalue weighted by atomic mass is 32.2.